The summed E-state index contributed by atoms with van der Waals surface area (Å²) in [4.78, 5) is 0. The minimum Gasteiger partial charge on any atom is -0.495 e. The maximum absolute atomic E-state index is 6.08. The molecule has 0 atom stereocenters. The van der Waals surface area contributed by atoms with Crippen LogP contribution in [0.3, 0.4) is 0 Å². The minimum absolute atomic E-state index is 0.271. The molecule has 0 aromatic heterocycles. The number of methoxy groups -OCH3 is 1. The Kier molecular flexibility index (Phi) is 3.09. The lowest BCUT2D eigenvalue weighted by atomic mass is 10.2. The van der Waals surface area contributed by atoms with Crippen molar-refractivity contribution in [2.24, 2.45) is 0 Å². The number of fused-ring (bicyclic) bond motifs is 1. The first kappa shape index (κ1) is 12.0. The van der Waals surface area contributed by atoms with E-state index in [9.17, 15) is 0 Å². The van der Waals surface area contributed by atoms with Crippen molar-refractivity contribution in [1.29, 1.82) is 0 Å². The van der Waals surface area contributed by atoms with Crippen molar-refractivity contribution in [3.63, 3.8) is 0 Å². The fourth-order valence-corrected chi connectivity index (χ4v) is 2.14. The summed E-state index contributed by atoms with van der Waals surface area (Å²) < 4.78 is 15.7. The first-order valence-corrected chi connectivity index (χ1v) is 6.14. The van der Waals surface area contributed by atoms with Crippen LogP contribution in [0.4, 0.5) is 11.4 Å². The molecule has 0 fully saturated rings. The van der Waals surface area contributed by atoms with E-state index in [1.165, 1.54) is 0 Å². The Morgan fingerprint density at radius 2 is 1.79 bits per heavy atom. The van der Waals surface area contributed by atoms with E-state index in [1.807, 2.05) is 36.4 Å². The fraction of sp³-hybridized carbons (Fsp3) is 0.143. The van der Waals surface area contributed by atoms with Crippen molar-refractivity contribution in [2.45, 2.75) is 0 Å². The highest BCUT2D eigenvalue weighted by Crippen LogP contribution is 2.36. The summed E-state index contributed by atoms with van der Waals surface area (Å²) in [5.74, 6) is 2.15. The van der Waals surface area contributed by atoms with Gasteiger partial charge in [-0.05, 0) is 30.3 Å². The molecule has 5 heteroatoms. The maximum Gasteiger partial charge on any atom is 0.231 e. The summed E-state index contributed by atoms with van der Waals surface area (Å²) in [6.45, 7) is 0.271. The number of ether oxygens (including phenoxy) is 3. The highest BCUT2D eigenvalue weighted by atomic mass is 35.5. The van der Waals surface area contributed by atoms with E-state index in [0.29, 0.717) is 10.8 Å². The lowest BCUT2D eigenvalue weighted by molar-refractivity contribution is 0.174. The van der Waals surface area contributed by atoms with Gasteiger partial charge in [-0.1, -0.05) is 11.6 Å². The standard InChI is InChI=1S/C14H12ClNO3/c1-17-12-4-2-9(6-11(12)15)16-10-3-5-13-14(7-10)19-8-18-13/h2-7,16H,8H2,1H3. The van der Waals surface area contributed by atoms with Gasteiger partial charge in [-0.25, -0.2) is 0 Å². The lowest BCUT2D eigenvalue weighted by Crippen LogP contribution is -1.93. The van der Waals surface area contributed by atoms with Crippen molar-refractivity contribution in [2.75, 3.05) is 19.2 Å². The van der Waals surface area contributed by atoms with Gasteiger partial charge in [0.05, 0.1) is 12.1 Å². The fourth-order valence-electron chi connectivity index (χ4n) is 1.89. The van der Waals surface area contributed by atoms with Crippen LogP contribution in [0.15, 0.2) is 36.4 Å². The molecule has 0 bridgehead atoms. The number of halogens is 1. The van der Waals surface area contributed by atoms with E-state index in [-0.39, 0.29) is 6.79 Å². The van der Waals surface area contributed by atoms with E-state index in [0.717, 1.165) is 22.9 Å². The van der Waals surface area contributed by atoms with Crippen LogP contribution >= 0.6 is 11.6 Å². The van der Waals surface area contributed by atoms with Gasteiger partial charge in [0.25, 0.3) is 0 Å². The number of hydrogen-bond donors (Lipinski definition) is 1. The van der Waals surface area contributed by atoms with Crippen LogP contribution in [0.2, 0.25) is 5.02 Å². The molecule has 2 aromatic carbocycles. The summed E-state index contributed by atoms with van der Waals surface area (Å²) in [7, 11) is 1.59. The Balaban J connectivity index is 1.83. The maximum atomic E-state index is 6.08. The molecule has 1 aliphatic rings. The van der Waals surface area contributed by atoms with Crippen molar-refractivity contribution >= 4 is 23.0 Å². The largest absolute Gasteiger partial charge is 0.495 e. The smallest absolute Gasteiger partial charge is 0.231 e. The lowest BCUT2D eigenvalue weighted by Gasteiger charge is -2.09. The number of anilines is 2. The van der Waals surface area contributed by atoms with Gasteiger partial charge in [0.15, 0.2) is 11.5 Å². The molecule has 4 nitrogen and oxygen atoms in total. The summed E-state index contributed by atoms with van der Waals surface area (Å²) >= 11 is 6.08. The molecule has 0 unspecified atom stereocenters. The number of nitrogens with one attached hydrogen (secondary N) is 1. The number of benzene rings is 2. The normalized spacial score (nSPS) is 12.3. The molecule has 3 rings (SSSR count). The summed E-state index contributed by atoms with van der Waals surface area (Å²) in [5.41, 5.74) is 1.79. The average molecular weight is 278 g/mol. The third-order valence-corrected chi connectivity index (χ3v) is 3.11. The second-order valence-electron chi connectivity index (χ2n) is 4.04. The SMILES string of the molecule is COc1ccc(Nc2ccc3c(c2)OCO3)cc1Cl. The van der Waals surface area contributed by atoms with Crippen molar-refractivity contribution < 1.29 is 14.2 Å². The highest BCUT2D eigenvalue weighted by Gasteiger charge is 2.13. The monoisotopic (exact) mass is 277 g/mol. The van der Waals surface area contributed by atoms with Crippen LogP contribution in [0.5, 0.6) is 17.2 Å². The molecular weight excluding hydrogens is 266 g/mol. The van der Waals surface area contributed by atoms with Gasteiger partial charge in [-0.2, -0.15) is 0 Å². The van der Waals surface area contributed by atoms with E-state index < -0.39 is 0 Å². The van der Waals surface area contributed by atoms with Crippen molar-refractivity contribution in [1.82, 2.24) is 0 Å². The molecule has 1 aliphatic heterocycles. The average Bonchev–Trinajstić information content (AvgIpc) is 2.86. The molecule has 0 spiro atoms. The molecule has 2 aromatic rings. The van der Waals surface area contributed by atoms with Gasteiger partial charge in [0, 0.05) is 17.4 Å². The Morgan fingerprint density at radius 1 is 1.05 bits per heavy atom. The topological polar surface area (TPSA) is 39.7 Å². The van der Waals surface area contributed by atoms with Crippen molar-refractivity contribution in [3.8, 4) is 17.2 Å². The van der Waals surface area contributed by atoms with Gasteiger partial charge in [-0.15, -0.1) is 0 Å². The highest BCUT2D eigenvalue weighted by molar-refractivity contribution is 6.32. The summed E-state index contributed by atoms with van der Waals surface area (Å²) in [6, 6.07) is 11.2. The Morgan fingerprint density at radius 3 is 2.58 bits per heavy atom. The second-order valence-corrected chi connectivity index (χ2v) is 4.45. The first-order chi connectivity index (χ1) is 9.26. The number of hydrogen-bond acceptors (Lipinski definition) is 4. The summed E-state index contributed by atoms with van der Waals surface area (Å²) in [5, 5.41) is 3.81. The molecular formula is C14H12ClNO3. The van der Waals surface area contributed by atoms with Crippen LogP contribution in [0, 0.1) is 0 Å². The molecule has 0 radical (unpaired) electrons. The zero-order valence-corrected chi connectivity index (χ0v) is 11.0. The van der Waals surface area contributed by atoms with Crippen LogP contribution in [0.25, 0.3) is 0 Å². The molecule has 0 amide bonds. The zero-order chi connectivity index (χ0) is 13.2. The summed E-state index contributed by atoms with van der Waals surface area (Å²) in [6.07, 6.45) is 0. The molecule has 0 saturated heterocycles. The predicted molar refractivity (Wildman–Crippen MR) is 73.9 cm³/mol. The van der Waals surface area contributed by atoms with Crippen LogP contribution in [-0.2, 0) is 0 Å². The van der Waals surface area contributed by atoms with Crippen LogP contribution < -0.4 is 19.5 Å². The molecule has 0 saturated carbocycles. The first-order valence-electron chi connectivity index (χ1n) is 5.76. The van der Waals surface area contributed by atoms with Gasteiger partial charge in [0.1, 0.15) is 5.75 Å². The molecule has 98 valence electrons. The molecule has 1 heterocycles. The van der Waals surface area contributed by atoms with Crippen molar-refractivity contribution in [3.05, 3.63) is 41.4 Å². The Hall–Kier alpha value is -2.07. The minimum atomic E-state index is 0.271. The third kappa shape index (κ3) is 2.39. The van der Waals surface area contributed by atoms with Gasteiger partial charge in [-0.3, -0.25) is 0 Å². The van der Waals surface area contributed by atoms with Crippen LogP contribution in [0.1, 0.15) is 0 Å². The van der Waals surface area contributed by atoms with E-state index in [2.05, 4.69) is 5.32 Å². The van der Waals surface area contributed by atoms with E-state index >= 15 is 0 Å². The van der Waals surface area contributed by atoms with Gasteiger partial charge >= 0.3 is 0 Å². The quantitative estimate of drug-likeness (QED) is 0.926. The predicted octanol–water partition coefficient (Wildman–Crippen LogP) is 3.82. The second kappa shape index (κ2) is 4.90. The zero-order valence-electron chi connectivity index (χ0n) is 10.3. The van der Waals surface area contributed by atoms with E-state index in [1.54, 1.807) is 7.11 Å². The molecule has 19 heavy (non-hydrogen) atoms. The number of rotatable bonds is 3. The van der Waals surface area contributed by atoms with Gasteiger partial charge < -0.3 is 19.5 Å². The third-order valence-electron chi connectivity index (χ3n) is 2.81. The van der Waals surface area contributed by atoms with Crippen LogP contribution in [-0.4, -0.2) is 13.9 Å². The Labute approximate surface area is 115 Å². The Bertz CT molecular complexity index is 616. The van der Waals surface area contributed by atoms with Gasteiger partial charge in [0.2, 0.25) is 6.79 Å². The molecule has 1 N–H and O–H groups in total. The molecule has 0 aliphatic carbocycles. The van der Waals surface area contributed by atoms with E-state index in [4.69, 9.17) is 25.8 Å².